The van der Waals surface area contributed by atoms with Crippen LogP contribution in [0.2, 0.25) is 10.0 Å². The Balaban J connectivity index is 0.000000799. The maximum atomic E-state index is 14.3. The van der Waals surface area contributed by atoms with Crippen molar-refractivity contribution in [1.82, 2.24) is 34.9 Å². The zero-order valence-corrected chi connectivity index (χ0v) is 93.1. The first-order valence-electron chi connectivity index (χ1n) is 47.5. The van der Waals surface area contributed by atoms with Gasteiger partial charge in [-0.15, -0.1) is 0 Å². The maximum absolute atomic E-state index is 14.3. The van der Waals surface area contributed by atoms with Crippen molar-refractivity contribution < 1.29 is 75.5 Å². The molecular weight excluding hydrogens is 1780 g/mol. The molecule has 0 aromatic carbocycles. The van der Waals surface area contributed by atoms with Crippen LogP contribution >= 0.6 is 23.2 Å². The lowest BCUT2D eigenvalue weighted by Gasteiger charge is -2.20. The predicted octanol–water partition coefficient (Wildman–Crippen LogP) is 30.5. The summed E-state index contributed by atoms with van der Waals surface area (Å²) in [5.74, 6) is 1.06. The minimum Gasteiger partial charge on any atom is -0.493 e. The molecular formula is C112H171Cl2F2N7O14. The number of carbonyl (C=O) groups is 7. The Kier molecular flexibility index (Phi) is 48.5. The van der Waals surface area contributed by atoms with E-state index in [1.165, 1.54) is 30.9 Å². The van der Waals surface area contributed by atoms with Gasteiger partial charge in [-0.05, 0) is 113 Å². The van der Waals surface area contributed by atoms with Gasteiger partial charge >= 0.3 is 0 Å². The van der Waals surface area contributed by atoms with E-state index in [9.17, 15) is 42.3 Å². The lowest BCUT2D eigenvalue weighted by Crippen LogP contribution is -2.22. The Bertz CT molecular complexity index is 4440. The number of Topliss-reactive ketones (excluding diaryl/α,β-unsaturated/α-hetero) is 7. The van der Waals surface area contributed by atoms with Crippen LogP contribution in [-0.2, 0) is 0 Å². The molecule has 137 heavy (non-hydrogen) atoms. The Labute approximate surface area is 832 Å². The van der Waals surface area contributed by atoms with Gasteiger partial charge in [-0.3, -0.25) is 53.5 Å². The zero-order chi connectivity index (χ0) is 106. The zero-order valence-electron chi connectivity index (χ0n) is 91.6. The molecule has 0 unspecified atom stereocenters. The highest BCUT2D eigenvalue weighted by Gasteiger charge is 2.34. The molecule has 0 amide bonds. The summed E-state index contributed by atoms with van der Waals surface area (Å²) < 4.78 is 67.6. The maximum Gasteiger partial charge on any atom is 0.251 e. The molecule has 7 aromatic heterocycles. The molecule has 0 atom stereocenters. The highest BCUT2D eigenvalue weighted by molar-refractivity contribution is 6.36. The standard InChI is InChI=1S/2C16H24ClNO2.2C16H24FNO2.3C16H25NO2/c1-15(2,3)8-10-20-14-12(17)11(7-9-18-14)13(19)16(4,5)6;1-15(2,3)7-8-20-12-10-18-9-11(13(12)17)14(19)16(4,5)6;1-15(2,3)8-10-20-14-12(17)11(7-9-18-14)13(19)16(4,5)6;1-15(2,3)7-8-20-12-10-18-9-11(13(12)17)14(19)16(4,5)6;1-15(2,3)8-10-19-12-7-9-17-13(11-12)14(18)16(4,5)6;1-15(2,3)8-10-19-13-11-12(7-9-17-13)14(18)16(4,5)6;1-15(2,3)7-8-19-13-9-12(10-17-11-13)14(18)16(4,5)6/h7,9H,8,10H2,1-6H3;9-10H,7-8H2,1-6H3;7,9H,8,10H2,1-6H3;9-10H,7-8H2,1-6H3;2*7,9,11H,8,10H2,1-6H3;9-11H,7-8H2,1-6H3. The number of hydrogen-bond donors (Lipinski definition) is 0. The van der Waals surface area contributed by atoms with Gasteiger partial charge in [-0.25, -0.2) is 23.7 Å². The van der Waals surface area contributed by atoms with E-state index < -0.39 is 44.1 Å². The summed E-state index contributed by atoms with van der Waals surface area (Å²) in [4.78, 5) is 114. The van der Waals surface area contributed by atoms with E-state index in [1.54, 1.807) is 115 Å². The van der Waals surface area contributed by atoms with E-state index in [0.29, 0.717) is 113 Å². The van der Waals surface area contributed by atoms with Gasteiger partial charge in [0.25, 0.3) is 5.88 Å². The van der Waals surface area contributed by atoms with E-state index in [2.05, 4.69) is 180 Å². The van der Waals surface area contributed by atoms with Crippen LogP contribution in [0, 0.1) is 87.4 Å². The number of nitrogens with zero attached hydrogens (tertiary/aromatic N) is 7. The molecule has 25 heteroatoms. The van der Waals surface area contributed by atoms with Crippen LogP contribution in [-0.4, -0.2) is 122 Å². The monoisotopic (exact) mass is 1950 g/mol. The lowest BCUT2D eigenvalue weighted by atomic mass is 9.87. The number of rotatable bonds is 28. The molecule has 0 saturated carbocycles. The predicted molar refractivity (Wildman–Crippen MR) is 553 cm³/mol. The average molecular weight is 1950 g/mol. The molecule has 0 radical (unpaired) electrons. The van der Waals surface area contributed by atoms with Crippen LogP contribution in [0.3, 0.4) is 0 Å². The summed E-state index contributed by atoms with van der Waals surface area (Å²) in [6.07, 6.45) is 21.4. The third kappa shape index (κ3) is 51.5. The summed E-state index contributed by atoms with van der Waals surface area (Å²) in [5, 5.41) is 0.662. The molecule has 0 aliphatic rings. The van der Waals surface area contributed by atoms with Crippen molar-refractivity contribution in [3.05, 3.63) is 165 Å². The largest absolute Gasteiger partial charge is 0.493 e. The second kappa shape index (κ2) is 52.9. The van der Waals surface area contributed by atoms with Crippen LogP contribution in [0.5, 0.6) is 40.6 Å². The summed E-state index contributed by atoms with van der Waals surface area (Å²) in [6.45, 7) is 87.6. The third-order valence-corrected chi connectivity index (χ3v) is 20.6. The highest BCUT2D eigenvalue weighted by atomic mass is 35.5. The van der Waals surface area contributed by atoms with E-state index in [0.717, 1.165) is 44.9 Å². The van der Waals surface area contributed by atoms with Gasteiger partial charge in [0.15, 0.2) is 63.6 Å². The van der Waals surface area contributed by atoms with E-state index >= 15 is 0 Å². The SMILES string of the molecule is CC(C)(C)CCOc1cc(C(=O)C(C)(C)C)ccn1.CC(C)(C)CCOc1ccnc(C(=O)C(C)(C)C)c1.CC(C)(C)CCOc1cncc(C(=O)C(C)(C)C)c1.CC(C)(C)CCOc1cncc(C(=O)C(C)(C)C)c1Cl.CC(C)(C)CCOc1cncc(C(=O)C(C)(C)C)c1F.CC(C)(C)CCOc1nccc(C(=O)C(C)(C)C)c1Cl.CC(C)(C)CCOc1nccc(C(=O)C(C)(C)C)c1F. The fourth-order valence-electron chi connectivity index (χ4n) is 10.8. The molecule has 0 spiro atoms. The fourth-order valence-corrected chi connectivity index (χ4v) is 11.3. The first kappa shape index (κ1) is 126. The van der Waals surface area contributed by atoms with Crippen molar-refractivity contribution in [1.29, 1.82) is 0 Å². The number of halogens is 4. The van der Waals surface area contributed by atoms with Gasteiger partial charge in [-0.2, -0.15) is 0 Å². The van der Waals surface area contributed by atoms with Crippen molar-refractivity contribution in [2.45, 2.75) is 336 Å². The van der Waals surface area contributed by atoms with Gasteiger partial charge in [-0.1, -0.05) is 314 Å². The first-order chi connectivity index (χ1) is 61.9. The van der Waals surface area contributed by atoms with Crippen LogP contribution in [0.4, 0.5) is 8.78 Å². The topological polar surface area (TPSA) is 274 Å². The molecule has 0 fully saturated rings. The minimum atomic E-state index is -0.665. The molecule has 21 nitrogen and oxygen atoms in total. The van der Waals surface area contributed by atoms with Crippen molar-refractivity contribution >= 4 is 63.7 Å². The smallest absolute Gasteiger partial charge is 0.251 e. The van der Waals surface area contributed by atoms with E-state index in [-0.39, 0.29) is 107 Å². The quantitative estimate of drug-likeness (QED) is 0.0412. The first-order valence-corrected chi connectivity index (χ1v) is 48.3. The summed E-state index contributed by atoms with van der Waals surface area (Å²) >= 11 is 12.5. The molecule has 0 bridgehead atoms. The second-order valence-corrected chi connectivity index (χ2v) is 51.0. The van der Waals surface area contributed by atoms with Crippen molar-refractivity contribution in [3.8, 4) is 40.6 Å². The third-order valence-electron chi connectivity index (χ3n) is 19.8. The van der Waals surface area contributed by atoms with Gasteiger partial charge in [0.2, 0.25) is 11.8 Å². The van der Waals surface area contributed by atoms with Gasteiger partial charge in [0.1, 0.15) is 22.2 Å². The van der Waals surface area contributed by atoms with Crippen molar-refractivity contribution in [2.24, 2.45) is 75.8 Å². The Morgan fingerprint density at radius 3 is 1.01 bits per heavy atom. The number of carbonyl (C=O) groups excluding carboxylic acids is 7. The molecule has 7 rings (SSSR count). The van der Waals surface area contributed by atoms with Crippen LogP contribution in [0.25, 0.3) is 0 Å². The fraction of sp³-hybridized carbons (Fsp3) is 0.625. The number of ether oxygens (including phenoxy) is 7. The summed E-state index contributed by atoms with van der Waals surface area (Å²) in [7, 11) is 0. The number of ketones is 7. The molecule has 7 heterocycles. The van der Waals surface area contributed by atoms with Crippen molar-refractivity contribution in [3.63, 3.8) is 0 Å². The highest BCUT2D eigenvalue weighted by Crippen LogP contribution is 2.37. The Morgan fingerprint density at radius 1 is 0.263 bits per heavy atom. The summed E-state index contributed by atoms with van der Waals surface area (Å²) in [6, 6.07) is 11.8. The Hall–Kier alpha value is -9.22. The number of pyridine rings is 7. The molecule has 766 valence electrons. The average Bonchev–Trinajstić information content (AvgIpc) is 0.820. The van der Waals surface area contributed by atoms with Gasteiger partial charge < -0.3 is 33.2 Å². The van der Waals surface area contributed by atoms with Crippen LogP contribution < -0.4 is 33.2 Å². The number of hydrogen-bond acceptors (Lipinski definition) is 21. The lowest BCUT2D eigenvalue weighted by molar-refractivity contribution is 0.0846. The van der Waals surface area contributed by atoms with Gasteiger partial charge in [0.05, 0.1) is 86.6 Å². The van der Waals surface area contributed by atoms with E-state index in [1.807, 2.05) is 104 Å². The second-order valence-electron chi connectivity index (χ2n) is 50.3. The normalized spacial score (nSPS) is 12.3. The Morgan fingerprint density at radius 2 is 0.584 bits per heavy atom. The van der Waals surface area contributed by atoms with Crippen molar-refractivity contribution in [2.75, 3.05) is 46.2 Å². The number of aromatic nitrogens is 7. The van der Waals surface area contributed by atoms with Gasteiger partial charge in [0, 0.05) is 110 Å². The summed E-state index contributed by atoms with van der Waals surface area (Å²) in [5.41, 5.74) is 0.545. The molecule has 0 aliphatic heterocycles. The molecule has 7 aromatic rings. The molecule has 0 aliphatic carbocycles. The molecule has 0 saturated heterocycles. The van der Waals surface area contributed by atoms with Crippen LogP contribution in [0.15, 0.2) is 104 Å². The molecule has 0 N–H and O–H groups in total. The van der Waals surface area contributed by atoms with Crippen LogP contribution in [0.1, 0.15) is 408 Å². The minimum absolute atomic E-state index is 0.00856. The van der Waals surface area contributed by atoms with E-state index in [4.69, 9.17) is 56.4 Å².